The quantitative estimate of drug-likeness (QED) is 0.107. The summed E-state index contributed by atoms with van der Waals surface area (Å²) in [6.07, 6.45) is 6.61. The van der Waals surface area contributed by atoms with Gasteiger partial charge in [0.15, 0.2) is 0 Å². The molecule has 0 aliphatic carbocycles. The van der Waals surface area contributed by atoms with E-state index in [0.29, 0.717) is 30.1 Å². The third kappa shape index (κ3) is 9.76. The molecule has 192 valence electrons. The summed E-state index contributed by atoms with van der Waals surface area (Å²) >= 11 is 0. The molecular formula is C31H31FO5. The Balaban J connectivity index is 1.37. The minimum absolute atomic E-state index is 0.328. The molecule has 0 saturated heterocycles. The zero-order valence-electron chi connectivity index (χ0n) is 21.0. The molecule has 37 heavy (non-hydrogen) atoms. The van der Waals surface area contributed by atoms with Gasteiger partial charge in [-0.05, 0) is 91.8 Å². The Labute approximate surface area is 217 Å². The fourth-order valence-corrected chi connectivity index (χ4v) is 3.38. The number of carbonyl (C=O) groups is 2. The normalized spacial score (nSPS) is 10.8. The van der Waals surface area contributed by atoms with Crippen LogP contribution in [0.25, 0.3) is 17.2 Å². The smallest absolute Gasteiger partial charge is 0.336 e. The number of hydrogen-bond acceptors (Lipinski definition) is 5. The van der Waals surface area contributed by atoms with Crippen LogP contribution in [0.15, 0.2) is 91.0 Å². The molecule has 6 heteroatoms. The van der Waals surface area contributed by atoms with Gasteiger partial charge in [-0.3, -0.25) is 0 Å². The number of hydrogen-bond donors (Lipinski definition) is 0. The molecular weight excluding hydrogens is 471 g/mol. The number of ether oxygens (including phenoxy) is 3. The monoisotopic (exact) mass is 502 g/mol. The predicted octanol–water partition coefficient (Wildman–Crippen LogP) is 7.17. The standard InChI is InChI=1S/C31H31FO5/c1-23(2)31(34)36-22-6-4-3-5-21-35-28-16-10-25(11-17-28)26-12-18-29(19-13-26)37-30(33)20-9-24-7-14-27(32)15-8-24/h7-20H,1,3-6,21-22H2,2H3/b20-9+. The highest BCUT2D eigenvalue weighted by molar-refractivity contribution is 5.88. The first kappa shape index (κ1) is 27.4. The highest BCUT2D eigenvalue weighted by atomic mass is 19.1. The zero-order chi connectivity index (χ0) is 26.5. The molecule has 0 unspecified atom stereocenters. The number of esters is 2. The molecule has 0 heterocycles. The van der Waals surface area contributed by atoms with Gasteiger partial charge >= 0.3 is 11.9 Å². The maximum atomic E-state index is 13.0. The molecule has 0 fully saturated rings. The summed E-state index contributed by atoms with van der Waals surface area (Å²) in [5, 5.41) is 0. The van der Waals surface area contributed by atoms with E-state index >= 15 is 0 Å². The average Bonchev–Trinajstić information content (AvgIpc) is 2.90. The number of carbonyl (C=O) groups excluding carboxylic acids is 2. The van der Waals surface area contributed by atoms with Crippen molar-refractivity contribution in [3.8, 4) is 22.6 Å². The Hall–Kier alpha value is -4.19. The first-order valence-electron chi connectivity index (χ1n) is 12.2. The fraction of sp³-hybridized carbons (Fsp3) is 0.226. The minimum atomic E-state index is -0.509. The maximum absolute atomic E-state index is 13.0. The van der Waals surface area contributed by atoms with Crippen LogP contribution in [-0.2, 0) is 14.3 Å². The summed E-state index contributed by atoms with van der Waals surface area (Å²) in [4.78, 5) is 23.4. The van der Waals surface area contributed by atoms with Crippen molar-refractivity contribution in [3.63, 3.8) is 0 Å². The molecule has 0 radical (unpaired) electrons. The van der Waals surface area contributed by atoms with Crippen molar-refractivity contribution in [1.82, 2.24) is 0 Å². The molecule has 0 amide bonds. The Bertz CT molecular complexity index is 1200. The third-order valence-corrected chi connectivity index (χ3v) is 5.43. The largest absolute Gasteiger partial charge is 0.494 e. The van der Waals surface area contributed by atoms with Gasteiger partial charge in [0, 0.05) is 11.6 Å². The molecule has 0 spiro atoms. The summed E-state index contributed by atoms with van der Waals surface area (Å²) in [7, 11) is 0. The second-order valence-corrected chi connectivity index (χ2v) is 8.53. The molecule has 0 N–H and O–H groups in total. The highest BCUT2D eigenvalue weighted by Gasteiger charge is 2.04. The molecule has 0 atom stereocenters. The zero-order valence-corrected chi connectivity index (χ0v) is 21.0. The molecule has 0 saturated carbocycles. The van der Waals surface area contributed by atoms with Crippen LogP contribution in [0, 0.1) is 5.82 Å². The number of halogens is 1. The lowest BCUT2D eigenvalue weighted by molar-refractivity contribution is -0.139. The second-order valence-electron chi connectivity index (χ2n) is 8.53. The van der Waals surface area contributed by atoms with Crippen LogP contribution in [0.1, 0.15) is 38.2 Å². The third-order valence-electron chi connectivity index (χ3n) is 5.43. The average molecular weight is 503 g/mol. The summed E-state index contributed by atoms with van der Waals surface area (Å²) in [6, 6.07) is 20.9. The van der Waals surface area contributed by atoms with Crippen molar-refractivity contribution in [1.29, 1.82) is 0 Å². The lowest BCUT2D eigenvalue weighted by atomic mass is 10.1. The SMILES string of the molecule is C=C(C)C(=O)OCCCCCCOc1ccc(-c2ccc(OC(=O)/C=C/c3ccc(F)cc3)cc2)cc1. The van der Waals surface area contributed by atoms with E-state index in [-0.39, 0.29) is 11.8 Å². The van der Waals surface area contributed by atoms with Crippen molar-refractivity contribution in [2.45, 2.75) is 32.6 Å². The molecule has 0 bridgehead atoms. The number of benzene rings is 3. The van der Waals surface area contributed by atoms with Gasteiger partial charge in [-0.1, -0.05) is 43.0 Å². The molecule has 0 aliphatic heterocycles. The van der Waals surface area contributed by atoms with E-state index < -0.39 is 5.97 Å². The maximum Gasteiger partial charge on any atom is 0.336 e. The summed E-state index contributed by atoms with van der Waals surface area (Å²) in [5.41, 5.74) is 3.14. The Morgan fingerprint density at radius 3 is 1.95 bits per heavy atom. The Kier molecular flexibility index (Phi) is 10.7. The number of unbranched alkanes of at least 4 members (excludes halogenated alkanes) is 3. The van der Waals surface area contributed by atoms with Gasteiger partial charge in [-0.15, -0.1) is 0 Å². The van der Waals surface area contributed by atoms with Crippen LogP contribution < -0.4 is 9.47 Å². The van der Waals surface area contributed by atoms with Gasteiger partial charge in [0.1, 0.15) is 17.3 Å². The first-order valence-corrected chi connectivity index (χ1v) is 12.2. The van der Waals surface area contributed by atoms with Gasteiger partial charge in [-0.2, -0.15) is 0 Å². The lowest BCUT2D eigenvalue weighted by Crippen LogP contribution is -2.06. The van der Waals surface area contributed by atoms with Crippen molar-refractivity contribution in [2.75, 3.05) is 13.2 Å². The van der Waals surface area contributed by atoms with E-state index in [9.17, 15) is 14.0 Å². The Morgan fingerprint density at radius 2 is 1.35 bits per heavy atom. The van der Waals surface area contributed by atoms with Gasteiger partial charge < -0.3 is 14.2 Å². The fourth-order valence-electron chi connectivity index (χ4n) is 3.38. The van der Waals surface area contributed by atoms with E-state index in [1.807, 2.05) is 36.4 Å². The van der Waals surface area contributed by atoms with Gasteiger partial charge in [0.2, 0.25) is 0 Å². The van der Waals surface area contributed by atoms with Crippen LogP contribution in [-0.4, -0.2) is 25.2 Å². The summed E-state index contributed by atoms with van der Waals surface area (Å²) in [6.45, 7) is 6.25. The van der Waals surface area contributed by atoms with Crippen molar-refractivity contribution >= 4 is 18.0 Å². The molecule has 5 nitrogen and oxygen atoms in total. The van der Waals surface area contributed by atoms with Gasteiger partial charge in [0.25, 0.3) is 0 Å². The van der Waals surface area contributed by atoms with Crippen LogP contribution in [0.5, 0.6) is 11.5 Å². The minimum Gasteiger partial charge on any atom is -0.494 e. The van der Waals surface area contributed by atoms with Crippen LogP contribution >= 0.6 is 0 Å². The van der Waals surface area contributed by atoms with Crippen LogP contribution in [0.4, 0.5) is 4.39 Å². The molecule has 0 aromatic heterocycles. The van der Waals surface area contributed by atoms with Crippen LogP contribution in [0.2, 0.25) is 0 Å². The summed E-state index contributed by atoms with van der Waals surface area (Å²) in [5.74, 6) is 0.0680. The van der Waals surface area contributed by atoms with E-state index in [0.717, 1.165) is 42.6 Å². The molecule has 3 rings (SSSR count). The summed E-state index contributed by atoms with van der Waals surface area (Å²) < 4.78 is 29.2. The van der Waals surface area contributed by atoms with E-state index in [4.69, 9.17) is 14.2 Å². The molecule has 3 aromatic carbocycles. The lowest BCUT2D eigenvalue weighted by Gasteiger charge is -2.08. The molecule has 3 aromatic rings. The van der Waals surface area contributed by atoms with Crippen molar-refractivity contribution in [3.05, 3.63) is 102 Å². The van der Waals surface area contributed by atoms with E-state index in [1.54, 1.807) is 37.3 Å². The highest BCUT2D eigenvalue weighted by Crippen LogP contribution is 2.25. The van der Waals surface area contributed by atoms with Crippen molar-refractivity contribution < 1.29 is 28.2 Å². The van der Waals surface area contributed by atoms with Gasteiger partial charge in [-0.25, -0.2) is 14.0 Å². The predicted molar refractivity (Wildman–Crippen MR) is 143 cm³/mol. The van der Waals surface area contributed by atoms with Crippen molar-refractivity contribution in [2.24, 2.45) is 0 Å². The van der Waals surface area contributed by atoms with E-state index in [1.165, 1.54) is 18.2 Å². The van der Waals surface area contributed by atoms with Crippen LogP contribution in [0.3, 0.4) is 0 Å². The van der Waals surface area contributed by atoms with E-state index in [2.05, 4.69) is 6.58 Å². The van der Waals surface area contributed by atoms with Gasteiger partial charge in [0.05, 0.1) is 13.2 Å². The topological polar surface area (TPSA) is 61.8 Å². The first-order chi connectivity index (χ1) is 17.9. The Morgan fingerprint density at radius 1 is 0.784 bits per heavy atom. The molecule has 0 aliphatic rings. The number of rotatable bonds is 13. The second kappa shape index (κ2) is 14.4.